The smallest absolute Gasteiger partial charge is 0.307 e. The van der Waals surface area contributed by atoms with E-state index in [-0.39, 0.29) is 18.1 Å². The van der Waals surface area contributed by atoms with Crippen LogP contribution in [0.5, 0.6) is 0 Å². The van der Waals surface area contributed by atoms with E-state index in [4.69, 9.17) is 4.74 Å². The maximum absolute atomic E-state index is 12.9. The number of aromatic amines is 2. The molecule has 0 aliphatic rings. The molecule has 0 spiro atoms. The van der Waals surface area contributed by atoms with Crippen LogP contribution in [0.15, 0.2) is 49.1 Å². The van der Waals surface area contributed by atoms with Crippen LogP contribution >= 0.6 is 0 Å². The predicted molar refractivity (Wildman–Crippen MR) is 200 cm³/mol. The second-order valence-corrected chi connectivity index (χ2v) is 13.6. The summed E-state index contributed by atoms with van der Waals surface area (Å²) in [6.45, 7) is 23.2. The van der Waals surface area contributed by atoms with Crippen LogP contribution in [0, 0.1) is 0 Å². The Bertz CT molecular complexity index is 1220. The molecule has 3 rings (SSSR count). The summed E-state index contributed by atoms with van der Waals surface area (Å²) in [6.07, 6.45) is 14.6. The lowest BCUT2D eigenvalue weighted by Crippen LogP contribution is -2.38. The molecule has 274 valence electrons. The van der Waals surface area contributed by atoms with Gasteiger partial charge in [0.15, 0.2) is 0 Å². The molecule has 2 N–H and O–H groups in total. The van der Waals surface area contributed by atoms with Gasteiger partial charge in [0.1, 0.15) is 18.3 Å². The SMILES string of the molecule is CCCN(CCC)CCCCN(CCC(=O)OCC(C)N(CCC)CCC)Cc1ccc(CN(Cc2ncc[nH]2)C(C)c2ncc[nH]2)cc1. The molecule has 2 unspecified atom stereocenters. The van der Waals surface area contributed by atoms with Gasteiger partial charge < -0.3 is 19.6 Å². The third kappa shape index (κ3) is 15.2. The van der Waals surface area contributed by atoms with E-state index in [9.17, 15) is 4.79 Å². The number of rotatable bonds is 27. The highest BCUT2D eigenvalue weighted by Gasteiger charge is 2.20. The van der Waals surface area contributed by atoms with Crippen molar-refractivity contribution in [2.24, 2.45) is 0 Å². The predicted octanol–water partition coefficient (Wildman–Crippen LogP) is 7.04. The van der Waals surface area contributed by atoms with Crippen molar-refractivity contribution in [1.82, 2.24) is 39.5 Å². The largest absolute Gasteiger partial charge is 0.464 e. The van der Waals surface area contributed by atoms with E-state index in [2.05, 4.69) is 105 Å². The molecule has 0 aliphatic carbocycles. The van der Waals surface area contributed by atoms with Gasteiger partial charge in [-0.25, -0.2) is 9.97 Å². The van der Waals surface area contributed by atoms with Crippen LogP contribution in [-0.4, -0.2) is 104 Å². The minimum atomic E-state index is -0.0977. The number of H-pyrrole nitrogens is 2. The number of carbonyl (C=O) groups is 1. The van der Waals surface area contributed by atoms with Gasteiger partial charge in [0.25, 0.3) is 0 Å². The summed E-state index contributed by atoms with van der Waals surface area (Å²) in [5.74, 6) is 1.78. The molecule has 10 heteroatoms. The topological polar surface area (TPSA) is 96.6 Å². The molecule has 0 fully saturated rings. The van der Waals surface area contributed by atoms with Crippen LogP contribution < -0.4 is 0 Å². The Labute approximate surface area is 297 Å². The van der Waals surface area contributed by atoms with E-state index >= 15 is 0 Å². The maximum Gasteiger partial charge on any atom is 0.307 e. The zero-order valence-corrected chi connectivity index (χ0v) is 31.5. The van der Waals surface area contributed by atoms with Gasteiger partial charge in [-0.05, 0) is 103 Å². The number of aromatic nitrogens is 4. The summed E-state index contributed by atoms with van der Waals surface area (Å²) in [7, 11) is 0. The van der Waals surface area contributed by atoms with Crippen molar-refractivity contribution >= 4 is 5.97 Å². The molecule has 2 aromatic heterocycles. The Kier molecular flexibility index (Phi) is 19.3. The van der Waals surface area contributed by atoms with Gasteiger partial charge in [0.2, 0.25) is 0 Å². The number of esters is 1. The van der Waals surface area contributed by atoms with Crippen LogP contribution in [-0.2, 0) is 29.2 Å². The van der Waals surface area contributed by atoms with Gasteiger partial charge in [-0.2, -0.15) is 0 Å². The van der Waals surface area contributed by atoms with Crippen molar-refractivity contribution in [1.29, 1.82) is 0 Å². The number of ether oxygens (including phenoxy) is 1. The first kappa shape index (κ1) is 40.4. The number of hydrogen-bond acceptors (Lipinski definition) is 8. The first-order chi connectivity index (χ1) is 23.9. The summed E-state index contributed by atoms with van der Waals surface area (Å²) in [5, 5.41) is 0. The van der Waals surface area contributed by atoms with E-state index < -0.39 is 0 Å². The third-order valence-electron chi connectivity index (χ3n) is 9.23. The molecule has 49 heavy (non-hydrogen) atoms. The summed E-state index contributed by atoms with van der Waals surface area (Å²) in [6, 6.07) is 9.29. The lowest BCUT2D eigenvalue weighted by molar-refractivity contribution is -0.145. The Balaban J connectivity index is 1.61. The number of hydrogen-bond donors (Lipinski definition) is 2. The minimum Gasteiger partial charge on any atom is -0.464 e. The fourth-order valence-corrected chi connectivity index (χ4v) is 6.50. The third-order valence-corrected chi connectivity index (χ3v) is 9.23. The normalized spacial score (nSPS) is 13.2. The van der Waals surface area contributed by atoms with Crippen LogP contribution in [0.4, 0.5) is 0 Å². The van der Waals surface area contributed by atoms with Crippen molar-refractivity contribution in [2.75, 3.05) is 52.4 Å². The summed E-state index contributed by atoms with van der Waals surface area (Å²) < 4.78 is 5.79. The van der Waals surface area contributed by atoms with Gasteiger partial charge in [0, 0.05) is 50.5 Å². The molecule has 2 atom stereocenters. The van der Waals surface area contributed by atoms with Gasteiger partial charge in [-0.15, -0.1) is 0 Å². The molecule has 0 saturated carbocycles. The van der Waals surface area contributed by atoms with Crippen molar-refractivity contribution in [3.8, 4) is 0 Å². The first-order valence-corrected chi connectivity index (χ1v) is 19.0. The zero-order valence-electron chi connectivity index (χ0n) is 31.5. The summed E-state index contributed by atoms with van der Waals surface area (Å²) >= 11 is 0. The first-order valence-electron chi connectivity index (χ1n) is 19.0. The highest BCUT2D eigenvalue weighted by atomic mass is 16.5. The molecule has 0 bridgehead atoms. The highest BCUT2D eigenvalue weighted by Crippen LogP contribution is 2.22. The standard InChI is InChI=1S/C39H66N8O2/c1-7-22-44(23-8-2)26-11-12-27-45(28-17-38(48)49-32-33(5)46(24-9-3)25-10-4)29-35-13-15-36(16-14-35)30-47(31-37-40-18-19-41-37)34(6)39-42-20-21-43-39/h13-16,18-21,33-34H,7-12,17,22-32H2,1-6H3,(H,40,41)(H,42,43). The molecular formula is C39H66N8O2. The fraction of sp³-hybridized carbons (Fsp3) is 0.667. The van der Waals surface area contributed by atoms with E-state index in [1.54, 1.807) is 12.4 Å². The molecule has 0 amide bonds. The van der Waals surface area contributed by atoms with E-state index in [1.165, 1.54) is 43.5 Å². The minimum absolute atomic E-state index is 0.0977. The number of imidazole rings is 2. The molecular weight excluding hydrogens is 612 g/mol. The second kappa shape index (κ2) is 23.4. The van der Waals surface area contributed by atoms with Gasteiger partial charge in [-0.1, -0.05) is 52.0 Å². The summed E-state index contributed by atoms with van der Waals surface area (Å²) in [5.41, 5.74) is 2.50. The Morgan fingerprint density at radius 3 is 1.86 bits per heavy atom. The molecule has 1 aromatic carbocycles. The van der Waals surface area contributed by atoms with Crippen LogP contribution in [0.1, 0.15) is 115 Å². The number of benzene rings is 1. The average molecular weight is 679 g/mol. The van der Waals surface area contributed by atoms with Crippen molar-refractivity contribution in [3.63, 3.8) is 0 Å². The van der Waals surface area contributed by atoms with E-state index in [0.717, 1.165) is 70.2 Å². The number of carbonyl (C=O) groups excluding carboxylic acids is 1. The Morgan fingerprint density at radius 2 is 1.29 bits per heavy atom. The molecule has 0 aliphatic heterocycles. The molecule has 0 saturated heterocycles. The van der Waals surface area contributed by atoms with Gasteiger partial charge in [0.05, 0.1) is 19.0 Å². The lowest BCUT2D eigenvalue weighted by atomic mass is 10.1. The molecule has 0 radical (unpaired) electrons. The number of nitrogens with one attached hydrogen (secondary N) is 2. The second-order valence-electron chi connectivity index (χ2n) is 13.6. The van der Waals surface area contributed by atoms with Gasteiger partial charge in [-0.3, -0.25) is 19.5 Å². The molecule has 3 aromatic rings. The molecule has 2 heterocycles. The van der Waals surface area contributed by atoms with Crippen molar-refractivity contribution in [2.45, 2.75) is 118 Å². The van der Waals surface area contributed by atoms with Crippen LogP contribution in [0.2, 0.25) is 0 Å². The highest BCUT2D eigenvalue weighted by molar-refractivity contribution is 5.69. The number of unbranched alkanes of at least 4 members (excludes halogenated alkanes) is 1. The lowest BCUT2D eigenvalue weighted by Gasteiger charge is -2.28. The van der Waals surface area contributed by atoms with E-state index in [0.29, 0.717) is 26.1 Å². The van der Waals surface area contributed by atoms with Crippen LogP contribution in [0.3, 0.4) is 0 Å². The van der Waals surface area contributed by atoms with Gasteiger partial charge >= 0.3 is 5.97 Å². The van der Waals surface area contributed by atoms with Crippen LogP contribution in [0.25, 0.3) is 0 Å². The maximum atomic E-state index is 12.9. The van der Waals surface area contributed by atoms with Crippen molar-refractivity contribution in [3.05, 3.63) is 71.8 Å². The monoisotopic (exact) mass is 679 g/mol. The quantitative estimate of drug-likeness (QED) is 0.0655. The Hall–Kier alpha value is -3.05. The van der Waals surface area contributed by atoms with E-state index in [1.807, 2.05) is 12.4 Å². The number of nitrogens with zero attached hydrogens (tertiary/aromatic N) is 6. The fourth-order valence-electron chi connectivity index (χ4n) is 6.50. The summed E-state index contributed by atoms with van der Waals surface area (Å²) in [4.78, 5) is 38.2. The zero-order chi connectivity index (χ0) is 35.3. The average Bonchev–Trinajstić information content (AvgIpc) is 3.83. The Morgan fingerprint density at radius 1 is 0.694 bits per heavy atom. The van der Waals surface area contributed by atoms with Crippen molar-refractivity contribution < 1.29 is 9.53 Å². The molecule has 10 nitrogen and oxygen atoms in total.